The number of nitrogens with two attached hydrogens (primary N) is 1. The van der Waals surface area contributed by atoms with Crippen molar-refractivity contribution in [1.82, 2.24) is 0 Å². The fourth-order valence-electron chi connectivity index (χ4n) is 1.31. The van der Waals surface area contributed by atoms with Crippen LogP contribution in [0.5, 0.6) is 0 Å². The molecule has 0 aliphatic heterocycles. The average molecular weight is 208 g/mol. The molecule has 0 bridgehead atoms. The molecule has 0 fully saturated rings. The van der Waals surface area contributed by atoms with Gasteiger partial charge >= 0.3 is 5.97 Å². The van der Waals surface area contributed by atoms with Crippen LogP contribution in [0.25, 0.3) is 0 Å². The van der Waals surface area contributed by atoms with E-state index in [4.69, 9.17) is 10.8 Å². The van der Waals surface area contributed by atoms with Crippen molar-refractivity contribution in [3.05, 3.63) is 30.3 Å². The van der Waals surface area contributed by atoms with E-state index in [0.717, 1.165) is 5.69 Å². The van der Waals surface area contributed by atoms with E-state index in [2.05, 4.69) is 5.32 Å². The van der Waals surface area contributed by atoms with E-state index in [1.807, 2.05) is 30.3 Å². The Morgan fingerprint density at radius 3 is 2.60 bits per heavy atom. The summed E-state index contributed by atoms with van der Waals surface area (Å²) in [5.41, 5.74) is 6.17. The number of carboxylic acids is 1. The van der Waals surface area contributed by atoms with E-state index in [1.165, 1.54) is 0 Å². The number of para-hydroxylation sites is 1. The molecule has 0 saturated carbocycles. The maximum absolute atomic E-state index is 10.9. The second kappa shape index (κ2) is 6.03. The predicted molar refractivity (Wildman–Crippen MR) is 59.8 cm³/mol. The van der Waals surface area contributed by atoms with Crippen LogP contribution in [-0.2, 0) is 4.79 Å². The molecule has 0 amide bonds. The minimum atomic E-state index is -0.840. The molecule has 1 atom stereocenters. The molecule has 1 aromatic carbocycles. The molecule has 0 unspecified atom stereocenters. The Bertz CT molecular complexity index is 301. The maximum atomic E-state index is 10.9. The summed E-state index contributed by atoms with van der Waals surface area (Å²) >= 11 is 0. The predicted octanol–water partition coefficient (Wildman–Crippen LogP) is 1.29. The number of anilines is 1. The van der Waals surface area contributed by atoms with E-state index in [-0.39, 0.29) is 0 Å². The third-order valence-electron chi connectivity index (χ3n) is 2.11. The van der Waals surface area contributed by atoms with E-state index < -0.39 is 12.0 Å². The van der Waals surface area contributed by atoms with Gasteiger partial charge in [-0.05, 0) is 31.5 Å². The summed E-state index contributed by atoms with van der Waals surface area (Å²) in [4.78, 5) is 10.9. The summed E-state index contributed by atoms with van der Waals surface area (Å²) in [5, 5.41) is 11.9. The Morgan fingerprint density at radius 2 is 2.07 bits per heavy atom. The Labute approximate surface area is 89.1 Å². The van der Waals surface area contributed by atoms with E-state index in [0.29, 0.717) is 19.4 Å². The Kier molecular flexibility index (Phi) is 4.63. The van der Waals surface area contributed by atoms with Crippen LogP contribution < -0.4 is 11.1 Å². The van der Waals surface area contributed by atoms with Crippen LogP contribution in [0.2, 0.25) is 0 Å². The SMILES string of the molecule is NCCC[C@H](Nc1ccccc1)C(=O)O. The Balaban J connectivity index is 2.55. The van der Waals surface area contributed by atoms with Gasteiger partial charge in [0.15, 0.2) is 0 Å². The van der Waals surface area contributed by atoms with Crippen molar-refractivity contribution in [3.8, 4) is 0 Å². The van der Waals surface area contributed by atoms with Gasteiger partial charge in [-0.3, -0.25) is 0 Å². The molecule has 0 aromatic heterocycles. The first kappa shape index (κ1) is 11.5. The summed E-state index contributed by atoms with van der Waals surface area (Å²) in [7, 11) is 0. The van der Waals surface area contributed by atoms with Crippen LogP contribution in [0, 0.1) is 0 Å². The summed E-state index contributed by atoms with van der Waals surface area (Å²) in [6.07, 6.45) is 1.25. The average Bonchev–Trinajstić information content (AvgIpc) is 2.25. The first-order valence-corrected chi connectivity index (χ1v) is 4.98. The minimum absolute atomic E-state index is 0.514. The van der Waals surface area contributed by atoms with Gasteiger partial charge in [0.1, 0.15) is 6.04 Å². The molecule has 0 radical (unpaired) electrons. The highest BCUT2D eigenvalue weighted by molar-refractivity contribution is 5.77. The summed E-state index contributed by atoms with van der Waals surface area (Å²) in [6.45, 7) is 0.514. The number of nitrogens with one attached hydrogen (secondary N) is 1. The van der Waals surface area contributed by atoms with E-state index in [1.54, 1.807) is 0 Å². The lowest BCUT2D eigenvalue weighted by Crippen LogP contribution is -2.29. The van der Waals surface area contributed by atoms with Crippen molar-refractivity contribution < 1.29 is 9.90 Å². The number of aliphatic carboxylic acids is 1. The van der Waals surface area contributed by atoms with Crippen molar-refractivity contribution >= 4 is 11.7 Å². The molecule has 4 heteroatoms. The van der Waals surface area contributed by atoms with Gasteiger partial charge in [-0.15, -0.1) is 0 Å². The molecule has 4 nitrogen and oxygen atoms in total. The van der Waals surface area contributed by atoms with Gasteiger partial charge in [-0.2, -0.15) is 0 Å². The Hall–Kier alpha value is -1.55. The normalized spacial score (nSPS) is 12.1. The van der Waals surface area contributed by atoms with Gasteiger partial charge < -0.3 is 16.2 Å². The number of carboxylic acid groups (broad SMARTS) is 1. The molecule has 0 aliphatic carbocycles. The van der Waals surface area contributed by atoms with Gasteiger partial charge in [-0.1, -0.05) is 18.2 Å². The number of benzene rings is 1. The monoisotopic (exact) mass is 208 g/mol. The molecule has 0 heterocycles. The lowest BCUT2D eigenvalue weighted by molar-refractivity contribution is -0.138. The topological polar surface area (TPSA) is 75.3 Å². The number of hydrogen-bond acceptors (Lipinski definition) is 3. The molecule has 15 heavy (non-hydrogen) atoms. The van der Waals surface area contributed by atoms with Crippen LogP contribution >= 0.6 is 0 Å². The van der Waals surface area contributed by atoms with Crippen LogP contribution in [0.15, 0.2) is 30.3 Å². The lowest BCUT2D eigenvalue weighted by atomic mass is 10.1. The maximum Gasteiger partial charge on any atom is 0.326 e. The largest absolute Gasteiger partial charge is 0.480 e. The summed E-state index contributed by atoms with van der Waals surface area (Å²) in [6, 6.07) is 8.75. The molecule has 1 aromatic rings. The van der Waals surface area contributed by atoms with Crippen molar-refractivity contribution in [2.75, 3.05) is 11.9 Å². The highest BCUT2D eigenvalue weighted by atomic mass is 16.4. The lowest BCUT2D eigenvalue weighted by Gasteiger charge is -2.14. The molecule has 4 N–H and O–H groups in total. The standard InChI is InChI=1S/C11H16N2O2/c12-8-4-7-10(11(14)15)13-9-5-2-1-3-6-9/h1-3,5-6,10,13H,4,7-8,12H2,(H,14,15)/t10-/m0/s1. The van der Waals surface area contributed by atoms with E-state index in [9.17, 15) is 4.79 Å². The molecule has 1 rings (SSSR count). The van der Waals surface area contributed by atoms with Gasteiger partial charge in [0.05, 0.1) is 0 Å². The summed E-state index contributed by atoms with van der Waals surface area (Å²) < 4.78 is 0. The third kappa shape index (κ3) is 3.99. The number of rotatable bonds is 6. The third-order valence-corrected chi connectivity index (χ3v) is 2.11. The molecular formula is C11H16N2O2. The van der Waals surface area contributed by atoms with Crippen molar-refractivity contribution in [1.29, 1.82) is 0 Å². The van der Waals surface area contributed by atoms with Gasteiger partial charge in [0.25, 0.3) is 0 Å². The van der Waals surface area contributed by atoms with Gasteiger partial charge in [0.2, 0.25) is 0 Å². The van der Waals surface area contributed by atoms with Crippen LogP contribution in [0.3, 0.4) is 0 Å². The Morgan fingerprint density at radius 1 is 1.40 bits per heavy atom. The zero-order valence-corrected chi connectivity index (χ0v) is 8.52. The molecule has 82 valence electrons. The molecule has 0 aliphatic rings. The van der Waals surface area contributed by atoms with E-state index >= 15 is 0 Å². The van der Waals surface area contributed by atoms with Crippen LogP contribution in [-0.4, -0.2) is 23.7 Å². The number of hydrogen-bond donors (Lipinski definition) is 3. The molecular weight excluding hydrogens is 192 g/mol. The first-order chi connectivity index (χ1) is 7.24. The fourth-order valence-corrected chi connectivity index (χ4v) is 1.31. The quantitative estimate of drug-likeness (QED) is 0.658. The van der Waals surface area contributed by atoms with Crippen LogP contribution in [0.4, 0.5) is 5.69 Å². The van der Waals surface area contributed by atoms with Gasteiger partial charge in [-0.25, -0.2) is 4.79 Å². The van der Waals surface area contributed by atoms with Crippen LogP contribution in [0.1, 0.15) is 12.8 Å². The summed E-state index contributed by atoms with van der Waals surface area (Å²) in [5.74, 6) is -0.840. The minimum Gasteiger partial charge on any atom is -0.480 e. The number of carbonyl (C=O) groups is 1. The second-order valence-corrected chi connectivity index (χ2v) is 3.33. The van der Waals surface area contributed by atoms with Crippen molar-refractivity contribution in [3.63, 3.8) is 0 Å². The highest BCUT2D eigenvalue weighted by Gasteiger charge is 2.15. The molecule has 0 spiro atoms. The highest BCUT2D eigenvalue weighted by Crippen LogP contribution is 2.09. The zero-order chi connectivity index (χ0) is 11.1. The first-order valence-electron chi connectivity index (χ1n) is 4.98. The smallest absolute Gasteiger partial charge is 0.326 e. The molecule has 0 saturated heterocycles. The van der Waals surface area contributed by atoms with Crippen molar-refractivity contribution in [2.24, 2.45) is 5.73 Å². The van der Waals surface area contributed by atoms with Crippen molar-refractivity contribution in [2.45, 2.75) is 18.9 Å². The van der Waals surface area contributed by atoms with Gasteiger partial charge in [0, 0.05) is 5.69 Å². The second-order valence-electron chi connectivity index (χ2n) is 3.33. The fraction of sp³-hybridized carbons (Fsp3) is 0.364. The zero-order valence-electron chi connectivity index (χ0n) is 8.52.